The largest absolute Gasteiger partial charge is 0.423 e. The zero-order chi connectivity index (χ0) is 17.9. The van der Waals surface area contributed by atoms with E-state index in [1.807, 2.05) is 65.6 Å². The van der Waals surface area contributed by atoms with Crippen LogP contribution in [0.4, 0.5) is 16.2 Å². The van der Waals surface area contributed by atoms with E-state index in [1.54, 1.807) is 11.8 Å². The van der Waals surface area contributed by atoms with E-state index in [1.165, 1.54) is 0 Å². The Morgan fingerprint density at radius 1 is 1.04 bits per heavy atom. The summed E-state index contributed by atoms with van der Waals surface area (Å²) in [5, 5.41) is 8.05. The van der Waals surface area contributed by atoms with E-state index in [-0.39, 0.29) is 12.1 Å². The number of aromatic nitrogens is 2. The molecule has 4 rings (SSSR count). The summed E-state index contributed by atoms with van der Waals surface area (Å²) in [5.74, 6) is 1.02. The lowest BCUT2D eigenvalue weighted by molar-refractivity contribution is 0.193. The van der Waals surface area contributed by atoms with Crippen LogP contribution in [0, 0.1) is 6.92 Å². The molecule has 0 N–H and O–H groups in total. The number of amides is 2. The van der Waals surface area contributed by atoms with E-state index >= 15 is 0 Å². The zero-order valence-electron chi connectivity index (χ0n) is 14.6. The molecular weight excluding hydrogens is 328 g/mol. The molecule has 1 aliphatic heterocycles. The van der Waals surface area contributed by atoms with Crippen LogP contribution in [0.5, 0.6) is 0 Å². The first-order valence-electron chi connectivity index (χ1n) is 8.75. The lowest BCUT2D eigenvalue weighted by atomic mass is 10.2. The predicted octanol–water partition coefficient (Wildman–Crippen LogP) is 4.47. The van der Waals surface area contributed by atoms with Crippen molar-refractivity contribution in [3.05, 3.63) is 72.4 Å². The number of aryl methyl sites for hydroxylation is 1. The quantitative estimate of drug-likeness (QED) is 0.700. The Hall–Kier alpha value is -3.15. The van der Waals surface area contributed by atoms with Crippen molar-refractivity contribution in [2.75, 3.05) is 11.4 Å². The van der Waals surface area contributed by atoms with Crippen LogP contribution in [-0.4, -0.2) is 27.7 Å². The van der Waals surface area contributed by atoms with Crippen LogP contribution in [-0.2, 0) is 0 Å². The summed E-state index contributed by atoms with van der Waals surface area (Å²) >= 11 is 0. The van der Waals surface area contributed by atoms with E-state index < -0.39 is 0 Å². The average molecular weight is 348 g/mol. The van der Waals surface area contributed by atoms with Gasteiger partial charge in [-0.1, -0.05) is 36.4 Å². The van der Waals surface area contributed by atoms with Gasteiger partial charge in [-0.05, 0) is 37.1 Å². The maximum Gasteiger partial charge on any atom is 0.329 e. The maximum atomic E-state index is 13.5. The second-order valence-electron chi connectivity index (χ2n) is 6.30. The van der Waals surface area contributed by atoms with Gasteiger partial charge in [0.2, 0.25) is 11.8 Å². The molecule has 6 heteroatoms. The van der Waals surface area contributed by atoms with E-state index in [0.29, 0.717) is 18.3 Å². The van der Waals surface area contributed by atoms with Gasteiger partial charge in [0.05, 0.1) is 11.4 Å². The third kappa shape index (κ3) is 3.06. The van der Waals surface area contributed by atoms with Gasteiger partial charge in [-0.2, -0.15) is 0 Å². The Balaban J connectivity index is 1.70. The highest BCUT2D eigenvalue weighted by Crippen LogP contribution is 2.35. The van der Waals surface area contributed by atoms with Crippen molar-refractivity contribution in [1.82, 2.24) is 15.1 Å². The Kier molecular flexibility index (Phi) is 4.39. The monoisotopic (exact) mass is 348 g/mol. The van der Waals surface area contributed by atoms with Gasteiger partial charge in [0.25, 0.3) is 0 Å². The molecule has 3 aromatic rings. The molecule has 1 unspecified atom stereocenters. The van der Waals surface area contributed by atoms with E-state index in [2.05, 4.69) is 10.2 Å². The third-order valence-electron chi connectivity index (χ3n) is 4.55. The lowest BCUT2D eigenvalue weighted by Crippen LogP contribution is -2.40. The van der Waals surface area contributed by atoms with Crippen LogP contribution in [0.2, 0.25) is 0 Å². The third-order valence-corrected chi connectivity index (χ3v) is 4.55. The molecular formula is C20H20N4O2. The molecule has 2 aromatic carbocycles. The average Bonchev–Trinajstić information content (AvgIpc) is 3.32. The van der Waals surface area contributed by atoms with E-state index in [4.69, 9.17) is 4.42 Å². The molecule has 132 valence electrons. The molecule has 1 saturated heterocycles. The second kappa shape index (κ2) is 7.00. The first-order chi connectivity index (χ1) is 12.7. The number of carbonyl (C=O) groups is 1. The smallest absolute Gasteiger partial charge is 0.329 e. The Morgan fingerprint density at radius 2 is 1.65 bits per heavy atom. The second-order valence-corrected chi connectivity index (χ2v) is 6.30. The van der Waals surface area contributed by atoms with Gasteiger partial charge in [0.15, 0.2) is 0 Å². The Bertz CT molecular complexity index is 840. The highest BCUT2D eigenvalue weighted by molar-refractivity contribution is 5.99. The molecule has 26 heavy (non-hydrogen) atoms. The van der Waals surface area contributed by atoms with Crippen LogP contribution in [0.25, 0.3) is 0 Å². The fourth-order valence-corrected chi connectivity index (χ4v) is 3.35. The highest BCUT2D eigenvalue weighted by Gasteiger charge is 2.36. The number of nitrogens with zero attached hydrogens (tertiary/aromatic N) is 4. The van der Waals surface area contributed by atoms with Gasteiger partial charge in [0, 0.05) is 13.5 Å². The van der Waals surface area contributed by atoms with Crippen LogP contribution >= 0.6 is 0 Å². The fourth-order valence-electron chi connectivity index (χ4n) is 3.35. The molecule has 6 nitrogen and oxygen atoms in total. The number of anilines is 2. The van der Waals surface area contributed by atoms with Gasteiger partial charge in [-0.15, -0.1) is 10.2 Å². The molecule has 1 aromatic heterocycles. The molecule has 1 atom stereocenters. The van der Waals surface area contributed by atoms with Crippen molar-refractivity contribution in [2.24, 2.45) is 0 Å². The SMILES string of the molecule is Cc1nnc(C2CCCN2C(=O)N(c2ccccc2)c2ccccc2)o1. The van der Waals surface area contributed by atoms with Gasteiger partial charge in [-0.25, -0.2) is 4.79 Å². The summed E-state index contributed by atoms with van der Waals surface area (Å²) in [7, 11) is 0. The van der Waals surface area contributed by atoms with Crippen molar-refractivity contribution in [3.8, 4) is 0 Å². The molecule has 1 fully saturated rings. The minimum absolute atomic E-state index is 0.0826. The van der Waals surface area contributed by atoms with Crippen LogP contribution in [0.1, 0.15) is 30.7 Å². The predicted molar refractivity (Wildman–Crippen MR) is 98.1 cm³/mol. The first kappa shape index (κ1) is 16.3. The van der Waals surface area contributed by atoms with Crippen molar-refractivity contribution in [1.29, 1.82) is 0 Å². The molecule has 0 radical (unpaired) electrons. The maximum absolute atomic E-state index is 13.5. The number of rotatable bonds is 3. The zero-order valence-corrected chi connectivity index (χ0v) is 14.6. The number of benzene rings is 2. The number of hydrogen-bond donors (Lipinski definition) is 0. The normalized spacial score (nSPS) is 16.7. The van der Waals surface area contributed by atoms with Crippen molar-refractivity contribution < 1.29 is 9.21 Å². The van der Waals surface area contributed by atoms with E-state index in [9.17, 15) is 4.79 Å². The lowest BCUT2D eigenvalue weighted by Gasteiger charge is -2.30. The molecule has 0 saturated carbocycles. The molecule has 2 heterocycles. The van der Waals surface area contributed by atoms with Gasteiger partial charge in [0.1, 0.15) is 6.04 Å². The van der Waals surface area contributed by atoms with Crippen LogP contribution < -0.4 is 4.90 Å². The first-order valence-corrected chi connectivity index (χ1v) is 8.75. The fraction of sp³-hybridized carbons (Fsp3) is 0.250. The number of para-hydroxylation sites is 2. The van der Waals surface area contributed by atoms with Gasteiger partial charge in [-0.3, -0.25) is 4.90 Å². The van der Waals surface area contributed by atoms with E-state index in [0.717, 1.165) is 24.2 Å². The van der Waals surface area contributed by atoms with Crippen LogP contribution in [0.15, 0.2) is 65.1 Å². The minimum atomic E-state index is -0.182. The standard InChI is InChI=1S/C20H20N4O2/c1-15-21-22-19(26-15)18-13-8-14-23(18)20(25)24(16-9-4-2-5-10-16)17-11-6-3-7-12-17/h2-7,9-12,18H,8,13-14H2,1H3. The number of hydrogen-bond acceptors (Lipinski definition) is 4. The Labute approximate surface area is 152 Å². The summed E-state index contributed by atoms with van der Waals surface area (Å²) in [6.45, 7) is 2.43. The number of likely N-dealkylation sites (tertiary alicyclic amines) is 1. The van der Waals surface area contributed by atoms with Gasteiger partial charge < -0.3 is 9.32 Å². The number of urea groups is 1. The highest BCUT2D eigenvalue weighted by atomic mass is 16.4. The summed E-state index contributed by atoms with van der Waals surface area (Å²) in [5.41, 5.74) is 1.66. The Morgan fingerprint density at radius 3 is 2.19 bits per heavy atom. The minimum Gasteiger partial charge on any atom is -0.423 e. The van der Waals surface area contributed by atoms with Crippen LogP contribution in [0.3, 0.4) is 0 Å². The number of carbonyl (C=O) groups excluding carboxylic acids is 1. The summed E-state index contributed by atoms with van der Waals surface area (Å²) < 4.78 is 5.60. The molecule has 2 amide bonds. The van der Waals surface area contributed by atoms with Crippen molar-refractivity contribution in [3.63, 3.8) is 0 Å². The summed E-state index contributed by atoms with van der Waals surface area (Å²) in [6.07, 6.45) is 1.74. The molecule has 1 aliphatic rings. The summed E-state index contributed by atoms with van der Waals surface area (Å²) in [4.78, 5) is 17.1. The van der Waals surface area contributed by atoms with Crippen molar-refractivity contribution in [2.45, 2.75) is 25.8 Å². The topological polar surface area (TPSA) is 62.5 Å². The van der Waals surface area contributed by atoms with Gasteiger partial charge >= 0.3 is 6.03 Å². The molecule has 0 spiro atoms. The molecule has 0 aliphatic carbocycles. The summed E-state index contributed by atoms with van der Waals surface area (Å²) in [6, 6.07) is 19.1. The van der Waals surface area contributed by atoms with Crippen molar-refractivity contribution >= 4 is 17.4 Å². The molecule has 0 bridgehead atoms.